The molecule has 0 radical (unpaired) electrons. The molecule has 0 amide bonds. The molecule has 0 fully saturated rings. The number of pyridine rings is 2. The minimum Gasteiger partial charge on any atom is -0.256 e. The Morgan fingerprint density at radius 1 is 0.362 bits per heavy atom. The third kappa shape index (κ3) is 4.17. The number of hydrogen-bond donors (Lipinski definition) is 0. The van der Waals surface area contributed by atoms with Crippen LogP contribution in [0.5, 0.6) is 0 Å². The van der Waals surface area contributed by atoms with Gasteiger partial charge < -0.3 is 0 Å². The van der Waals surface area contributed by atoms with E-state index in [9.17, 15) is 0 Å². The second-order valence-corrected chi connectivity index (χ2v) is 13.3. The highest BCUT2D eigenvalue weighted by atomic mass is 32.1. The van der Waals surface area contributed by atoms with Crippen molar-refractivity contribution in [3.63, 3.8) is 0 Å². The average molecular weight is 615 g/mol. The van der Waals surface area contributed by atoms with Crippen LogP contribution in [0, 0.1) is 0 Å². The van der Waals surface area contributed by atoms with Gasteiger partial charge in [-0.3, -0.25) is 9.97 Å². The summed E-state index contributed by atoms with van der Waals surface area (Å²) in [4.78, 5) is 9.53. The highest BCUT2D eigenvalue weighted by Gasteiger charge is 2.13. The predicted octanol–water partition coefficient (Wildman–Crippen LogP) is 12.5. The molecule has 7 aromatic carbocycles. The van der Waals surface area contributed by atoms with Crippen LogP contribution in [0.25, 0.3) is 96.9 Å². The molecule has 218 valence electrons. The Labute approximate surface area is 275 Å². The molecule has 2 nitrogen and oxygen atoms in total. The molecule has 0 aliphatic rings. The standard InChI is InChI=1S/C44H26N2S/c1-5-29-15-17-31-7-3-23-45-43(31)41(29)35(9-1)28-13-11-27(12-14-28)33-19-21-37-38-22-20-34(26-40(38)47-39(37)25-33)36-10-2-6-30-16-18-32-8-4-24-46-44(32)42(30)36/h1-26H. The van der Waals surface area contributed by atoms with Crippen molar-refractivity contribution in [3.8, 4) is 33.4 Å². The summed E-state index contributed by atoms with van der Waals surface area (Å²) in [5.41, 5.74) is 9.40. The molecule has 0 atom stereocenters. The fraction of sp³-hybridized carbons (Fsp3) is 0. The Kier molecular flexibility index (Phi) is 5.78. The number of fused-ring (bicyclic) bond motifs is 9. The summed E-state index contributed by atoms with van der Waals surface area (Å²) in [7, 11) is 0. The zero-order chi connectivity index (χ0) is 30.9. The summed E-state index contributed by atoms with van der Waals surface area (Å²) in [6.45, 7) is 0. The van der Waals surface area contributed by atoms with Crippen molar-refractivity contribution in [1.82, 2.24) is 9.97 Å². The molecule has 0 aliphatic heterocycles. The Morgan fingerprint density at radius 3 is 1.45 bits per heavy atom. The first-order valence-corrected chi connectivity index (χ1v) is 16.7. The van der Waals surface area contributed by atoms with Gasteiger partial charge in [-0.15, -0.1) is 11.3 Å². The summed E-state index contributed by atoms with van der Waals surface area (Å²) in [6.07, 6.45) is 3.78. The van der Waals surface area contributed by atoms with Gasteiger partial charge in [-0.2, -0.15) is 0 Å². The summed E-state index contributed by atoms with van der Waals surface area (Å²) < 4.78 is 2.60. The quantitative estimate of drug-likeness (QED) is 0.185. The minimum absolute atomic E-state index is 1.05. The maximum atomic E-state index is 4.78. The Balaban J connectivity index is 1.05. The summed E-state index contributed by atoms with van der Waals surface area (Å²) >= 11 is 1.87. The molecule has 0 saturated heterocycles. The van der Waals surface area contributed by atoms with Crippen LogP contribution in [-0.2, 0) is 0 Å². The topological polar surface area (TPSA) is 25.8 Å². The Hall–Kier alpha value is -5.90. The van der Waals surface area contributed by atoms with Gasteiger partial charge in [0.2, 0.25) is 0 Å². The molecule has 0 spiro atoms. The van der Waals surface area contributed by atoms with E-state index in [-0.39, 0.29) is 0 Å². The molecule has 10 aromatic rings. The van der Waals surface area contributed by atoms with Crippen molar-refractivity contribution in [1.29, 1.82) is 0 Å². The highest BCUT2D eigenvalue weighted by molar-refractivity contribution is 7.25. The lowest BCUT2D eigenvalue weighted by Crippen LogP contribution is -1.86. The molecule has 0 bridgehead atoms. The SMILES string of the molecule is c1cnc2c(c1)ccc1cccc(-c3ccc(-c4ccc5c(c4)sc4cc(-c6cccc7ccc8cccnc8c67)ccc45)cc3)c12. The van der Waals surface area contributed by atoms with Crippen molar-refractivity contribution < 1.29 is 0 Å². The van der Waals surface area contributed by atoms with Gasteiger partial charge in [0.25, 0.3) is 0 Å². The number of thiophene rings is 1. The van der Waals surface area contributed by atoms with Crippen LogP contribution in [0.15, 0.2) is 158 Å². The smallest absolute Gasteiger partial charge is 0.0786 e. The van der Waals surface area contributed by atoms with E-state index in [4.69, 9.17) is 9.97 Å². The molecule has 47 heavy (non-hydrogen) atoms. The van der Waals surface area contributed by atoms with Crippen molar-refractivity contribution >= 4 is 74.9 Å². The van der Waals surface area contributed by atoms with Crippen LogP contribution in [0.3, 0.4) is 0 Å². The zero-order valence-electron chi connectivity index (χ0n) is 25.3. The third-order valence-corrected chi connectivity index (χ3v) is 10.7. The fourth-order valence-corrected chi connectivity index (χ4v) is 8.46. The number of rotatable bonds is 3. The molecule has 3 heterocycles. The largest absolute Gasteiger partial charge is 0.256 e. The maximum absolute atomic E-state index is 4.78. The summed E-state index contributed by atoms with van der Waals surface area (Å²) in [6, 6.07) is 52.9. The molecule has 0 N–H and O–H groups in total. The van der Waals surface area contributed by atoms with Crippen LogP contribution in [-0.4, -0.2) is 9.97 Å². The first kappa shape index (κ1) is 26.3. The second kappa shape index (κ2) is 10.3. The number of hydrogen-bond acceptors (Lipinski definition) is 3. The monoisotopic (exact) mass is 614 g/mol. The van der Waals surface area contributed by atoms with Crippen LogP contribution in [0.2, 0.25) is 0 Å². The molecule has 3 heteroatoms. The third-order valence-electron chi connectivity index (χ3n) is 9.54. The second-order valence-electron chi connectivity index (χ2n) is 12.2. The van der Waals surface area contributed by atoms with Crippen molar-refractivity contribution in [2.75, 3.05) is 0 Å². The van der Waals surface area contributed by atoms with Crippen LogP contribution in [0.1, 0.15) is 0 Å². The number of nitrogens with zero attached hydrogens (tertiary/aromatic N) is 2. The van der Waals surface area contributed by atoms with Crippen LogP contribution >= 0.6 is 11.3 Å². The molecule has 10 rings (SSSR count). The van der Waals surface area contributed by atoms with E-state index in [1.54, 1.807) is 0 Å². The van der Waals surface area contributed by atoms with E-state index in [1.807, 2.05) is 35.9 Å². The van der Waals surface area contributed by atoms with E-state index < -0.39 is 0 Å². The normalized spacial score (nSPS) is 11.8. The average Bonchev–Trinajstić information content (AvgIpc) is 3.51. The molecule has 0 aliphatic carbocycles. The van der Waals surface area contributed by atoms with Gasteiger partial charge >= 0.3 is 0 Å². The van der Waals surface area contributed by atoms with Crippen LogP contribution < -0.4 is 0 Å². The van der Waals surface area contributed by atoms with E-state index in [0.29, 0.717) is 0 Å². The van der Waals surface area contributed by atoms with E-state index >= 15 is 0 Å². The number of benzene rings is 7. The fourth-order valence-electron chi connectivity index (χ4n) is 7.28. The molecule has 0 saturated carbocycles. The Bertz CT molecular complexity index is 2850. The molecular formula is C44H26N2S. The van der Waals surface area contributed by atoms with Gasteiger partial charge in [-0.25, -0.2) is 0 Å². The van der Waals surface area contributed by atoms with Crippen molar-refractivity contribution in [2.45, 2.75) is 0 Å². The number of aromatic nitrogens is 2. The van der Waals surface area contributed by atoms with Gasteiger partial charge in [-0.1, -0.05) is 121 Å². The van der Waals surface area contributed by atoms with Gasteiger partial charge in [0.15, 0.2) is 0 Å². The van der Waals surface area contributed by atoms with Crippen LogP contribution in [0.4, 0.5) is 0 Å². The van der Waals surface area contributed by atoms with E-state index in [2.05, 4.69) is 133 Å². The van der Waals surface area contributed by atoms with Gasteiger partial charge in [0.1, 0.15) is 0 Å². The lowest BCUT2D eigenvalue weighted by Gasteiger charge is -2.11. The minimum atomic E-state index is 1.05. The van der Waals surface area contributed by atoms with E-state index in [0.717, 1.165) is 16.4 Å². The van der Waals surface area contributed by atoms with Gasteiger partial charge in [0.05, 0.1) is 11.0 Å². The zero-order valence-corrected chi connectivity index (χ0v) is 26.1. The molecular weight excluding hydrogens is 589 g/mol. The predicted molar refractivity (Wildman–Crippen MR) is 201 cm³/mol. The first-order valence-electron chi connectivity index (χ1n) is 15.9. The van der Waals surface area contributed by atoms with Gasteiger partial charge in [0, 0.05) is 54.1 Å². The van der Waals surface area contributed by atoms with E-state index in [1.165, 1.54) is 80.5 Å². The molecule has 3 aromatic heterocycles. The summed E-state index contributed by atoms with van der Waals surface area (Å²) in [5, 5.41) is 9.77. The highest BCUT2D eigenvalue weighted by Crippen LogP contribution is 2.41. The molecule has 0 unspecified atom stereocenters. The first-order chi connectivity index (χ1) is 23.3. The lowest BCUT2D eigenvalue weighted by molar-refractivity contribution is 1.43. The van der Waals surface area contributed by atoms with Crippen molar-refractivity contribution in [3.05, 3.63) is 158 Å². The van der Waals surface area contributed by atoms with Crippen molar-refractivity contribution in [2.24, 2.45) is 0 Å². The lowest BCUT2D eigenvalue weighted by atomic mass is 9.94. The Morgan fingerprint density at radius 2 is 0.830 bits per heavy atom. The maximum Gasteiger partial charge on any atom is 0.0786 e. The summed E-state index contributed by atoms with van der Waals surface area (Å²) in [5.74, 6) is 0. The van der Waals surface area contributed by atoms with Gasteiger partial charge in [-0.05, 0) is 68.4 Å².